The zero-order valence-corrected chi connectivity index (χ0v) is 29.9. The van der Waals surface area contributed by atoms with Crippen LogP contribution in [-0.4, -0.2) is 69.3 Å². The molecule has 4 rings (SSSR count). The SMILES string of the molecule is CCc1cccc(CN(C)C(=O)N[C@H](C(=O)N[C@@H](Cc2ccccc2)C[C@H](O)[C@H](Cc2ccccc2)NC(=O)OCc2cccnc2)C(C)C)n1. The molecule has 0 bridgehead atoms. The smallest absolute Gasteiger partial charge is 0.407 e. The zero-order chi connectivity index (χ0) is 36.6. The molecule has 11 heteroatoms. The number of pyridine rings is 2. The Morgan fingerprint density at radius 2 is 1.45 bits per heavy atom. The van der Waals surface area contributed by atoms with Crippen molar-refractivity contribution < 1.29 is 24.2 Å². The molecule has 4 N–H and O–H groups in total. The van der Waals surface area contributed by atoms with Crippen LogP contribution < -0.4 is 16.0 Å². The minimum absolute atomic E-state index is 0.0274. The lowest BCUT2D eigenvalue weighted by atomic mass is 9.93. The van der Waals surface area contributed by atoms with Gasteiger partial charge in [-0.1, -0.05) is 93.6 Å². The van der Waals surface area contributed by atoms with Crippen LogP contribution in [0.25, 0.3) is 0 Å². The number of aromatic nitrogens is 2. The summed E-state index contributed by atoms with van der Waals surface area (Å²) in [5.74, 6) is -0.595. The lowest BCUT2D eigenvalue weighted by molar-refractivity contribution is -0.124. The molecule has 0 aliphatic carbocycles. The second-order valence-electron chi connectivity index (χ2n) is 13.1. The topological polar surface area (TPSA) is 146 Å². The number of benzene rings is 2. The molecule has 0 radical (unpaired) electrons. The maximum atomic E-state index is 13.9. The van der Waals surface area contributed by atoms with Gasteiger partial charge in [0, 0.05) is 36.7 Å². The Kier molecular flexibility index (Phi) is 14.9. The largest absolute Gasteiger partial charge is 0.445 e. The van der Waals surface area contributed by atoms with Gasteiger partial charge in [0.25, 0.3) is 0 Å². The number of carbonyl (C=O) groups is 3. The first-order valence-electron chi connectivity index (χ1n) is 17.5. The third-order valence-corrected chi connectivity index (χ3v) is 8.56. The van der Waals surface area contributed by atoms with Gasteiger partial charge in [-0.15, -0.1) is 0 Å². The molecule has 11 nitrogen and oxygen atoms in total. The van der Waals surface area contributed by atoms with Crippen LogP contribution in [0, 0.1) is 5.92 Å². The monoisotopic (exact) mass is 694 g/mol. The number of nitrogens with zero attached hydrogens (tertiary/aromatic N) is 3. The number of aliphatic hydroxyl groups is 1. The molecule has 0 aliphatic rings. The lowest BCUT2D eigenvalue weighted by Gasteiger charge is -2.30. The molecule has 0 spiro atoms. The fourth-order valence-corrected chi connectivity index (χ4v) is 5.72. The van der Waals surface area contributed by atoms with Crippen LogP contribution >= 0.6 is 0 Å². The maximum absolute atomic E-state index is 13.9. The number of alkyl carbamates (subject to hydrolysis) is 1. The van der Waals surface area contributed by atoms with E-state index in [9.17, 15) is 19.5 Å². The molecule has 4 aromatic rings. The van der Waals surface area contributed by atoms with Gasteiger partial charge in [-0.3, -0.25) is 14.8 Å². The molecule has 2 heterocycles. The summed E-state index contributed by atoms with van der Waals surface area (Å²) >= 11 is 0. The highest BCUT2D eigenvalue weighted by Gasteiger charge is 2.31. The van der Waals surface area contributed by atoms with Crippen LogP contribution in [0.5, 0.6) is 0 Å². The fourth-order valence-electron chi connectivity index (χ4n) is 5.72. The van der Waals surface area contributed by atoms with E-state index >= 15 is 0 Å². The Morgan fingerprint density at radius 1 is 0.804 bits per heavy atom. The Bertz CT molecular complexity index is 1660. The molecule has 51 heavy (non-hydrogen) atoms. The first kappa shape index (κ1) is 38.5. The highest BCUT2D eigenvalue weighted by atomic mass is 16.5. The van der Waals surface area contributed by atoms with Gasteiger partial charge in [-0.25, -0.2) is 9.59 Å². The fraction of sp³-hybridized carbons (Fsp3) is 0.375. The predicted molar refractivity (Wildman–Crippen MR) is 196 cm³/mol. The number of rotatable bonds is 17. The van der Waals surface area contributed by atoms with Gasteiger partial charge in [0.15, 0.2) is 0 Å². The van der Waals surface area contributed by atoms with Gasteiger partial charge in [0.05, 0.1) is 24.4 Å². The third-order valence-electron chi connectivity index (χ3n) is 8.56. The summed E-state index contributed by atoms with van der Waals surface area (Å²) in [4.78, 5) is 50.3. The van der Waals surface area contributed by atoms with Gasteiger partial charge in [-0.05, 0) is 60.9 Å². The van der Waals surface area contributed by atoms with Crippen molar-refractivity contribution in [2.24, 2.45) is 5.92 Å². The maximum Gasteiger partial charge on any atom is 0.407 e. The third kappa shape index (κ3) is 12.8. The van der Waals surface area contributed by atoms with Gasteiger partial charge >= 0.3 is 12.1 Å². The second kappa shape index (κ2) is 19.8. The minimum atomic E-state index is -1.06. The van der Waals surface area contributed by atoms with Crippen LogP contribution in [-0.2, 0) is 41.9 Å². The molecule has 0 saturated heterocycles. The second-order valence-corrected chi connectivity index (χ2v) is 13.1. The Balaban J connectivity index is 1.47. The van der Waals surface area contributed by atoms with Crippen molar-refractivity contribution in [3.8, 4) is 0 Å². The number of urea groups is 1. The molecule has 0 unspecified atom stereocenters. The average Bonchev–Trinajstić information content (AvgIpc) is 3.13. The van der Waals surface area contributed by atoms with Crippen molar-refractivity contribution in [2.75, 3.05) is 7.05 Å². The van der Waals surface area contributed by atoms with E-state index in [1.54, 1.807) is 31.6 Å². The normalized spacial score (nSPS) is 13.4. The summed E-state index contributed by atoms with van der Waals surface area (Å²) in [6, 6.07) is 26.0. The molecular weight excluding hydrogens is 644 g/mol. The summed E-state index contributed by atoms with van der Waals surface area (Å²) in [5.41, 5.74) is 4.31. The summed E-state index contributed by atoms with van der Waals surface area (Å²) < 4.78 is 5.46. The van der Waals surface area contributed by atoms with Gasteiger partial charge in [0.2, 0.25) is 5.91 Å². The number of ether oxygens (including phenoxy) is 1. The predicted octanol–water partition coefficient (Wildman–Crippen LogP) is 5.22. The highest BCUT2D eigenvalue weighted by molar-refractivity contribution is 5.87. The summed E-state index contributed by atoms with van der Waals surface area (Å²) in [5, 5.41) is 20.6. The van der Waals surface area contributed by atoms with Gasteiger partial charge < -0.3 is 30.7 Å². The lowest BCUT2D eigenvalue weighted by Crippen LogP contribution is -2.55. The van der Waals surface area contributed by atoms with E-state index in [0.29, 0.717) is 12.8 Å². The number of hydrogen-bond acceptors (Lipinski definition) is 7. The highest BCUT2D eigenvalue weighted by Crippen LogP contribution is 2.16. The van der Waals surface area contributed by atoms with E-state index in [-0.39, 0.29) is 31.4 Å². The van der Waals surface area contributed by atoms with Crippen molar-refractivity contribution >= 4 is 18.0 Å². The number of aliphatic hydroxyl groups excluding tert-OH is 1. The number of hydrogen-bond donors (Lipinski definition) is 4. The standard InChI is InChI=1S/C40H50N6O5/c1-5-32-19-12-20-33(42-32)26-46(4)39(49)45-37(28(2)3)38(48)43-34(22-29-14-8-6-9-15-29)24-36(47)35(23-30-16-10-7-11-17-30)44-40(50)51-27-31-18-13-21-41-25-31/h6-21,25,28,34-37,47H,5,22-24,26-27H2,1-4H3,(H,43,48)(H,44,50)(H,45,49)/t34-,35-,36-,37-/m0/s1. The van der Waals surface area contributed by atoms with Crippen LogP contribution in [0.3, 0.4) is 0 Å². The van der Waals surface area contributed by atoms with Gasteiger partial charge in [0.1, 0.15) is 12.6 Å². The summed E-state index contributed by atoms with van der Waals surface area (Å²) in [7, 11) is 1.67. The van der Waals surface area contributed by atoms with Crippen molar-refractivity contribution in [1.82, 2.24) is 30.8 Å². The van der Waals surface area contributed by atoms with Crippen molar-refractivity contribution in [3.05, 3.63) is 131 Å². The number of nitrogens with one attached hydrogen (secondary N) is 3. The van der Waals surface area contributed by atoms with E-state index in [2.05, 4.69) is 25.9 Å². The molecule has 0 aliphatic heterocycles. The van der Waals surface area contributed by atoms with E-state index < -0.39 is 36.4 Å². The molecule has 2 aromatic carbocycles. The van der Waals surface area contributed by atoms with Crippen LogP contribution in [0.4, 0.5) is 9.59 Å². The van der Waals surface area contributed by atoms with E-state index in [4.69, 9.17) is 4.74 Å². The Morgan fingerprint density at radius 3 is 2.08 bits per heavy atom. The summed E-state index contributed by atoms with van der Waals surface area (Å²) in [6.45, 7) is 6.08. The van der Waals surface area contributed by atoms with Crippen molar-refractivity contribution in [3.63, 3.8) is 0 Å². The Hall–Kier alpha value is -5.29. The zero-order valence-electron chi connectivity index (χ0n) is 29.9. The minimum Gasteiger partial charge on any atom is -0.445 e. The van der Waals surface area contributed by atoms with Crippen LogP contribution in [0.15, 0.2) is 103 Å². The van der Waals surface area contributed by atoms with Crippen LogP contribution in [0.1, 0.15) is 55.3 Å². The molecule has 0 fully saturated rings. The molecule has 4 atom stereocenters. The van der Waals surface area contributed by atoms with Crippen LogP contribution in [0.2, 0.25) is 0 Å². The quantitative estimate of drug-likeness (QED) is 0.119. The molecule has 2 aromatic heterocycles. The first-order valence-corrected chi connectivity index (χ1v) is 17.5. The molecule has 0 saturated carbocycles. The number of aryl methyl sites for hydroxylation is 1. The van der Waals surface area contributed by atoms with Crippen molar-refractivity contribution in [1.29, 1.82) is 0 Å². The van der Waals surface area contributed by atoms with Crippen molar-refractivity contribution in [2.45, 2.75) is 83.8 Å². The Labute approximate surface area is 300 Å². The molecular formula is C40H50N6O5. The summed E-state index contributed by atoms with van der Waals surface area (Å²) in [6.07, 6.45) is 3.20. The first-order chi connectivity index (χ1) is 24.6. The van der Waals surface area contributed by atoms with Gasteiger partial charge in [-0.2, -0.15) is 0 Å². The molecule has 270 valence electrons. The van der Waals surface area contributed by atoms with E-state index in [1.165, 1.54) is 4.90 Å². The van der Waals surface area contributed by atoms with E-state index in [1.807, 2.05) is 99.6 Å². The number of carbonyl (C=O) groups excluding carboxylic acids is 3. The van der Waals surface area contributed by atoms with E-state index in [0.717, 1.165) is 34.5 Å². The number of amides is 4. The average molecular weight is 695 g/mol. The molecule has 4 amide bonds.